The van der Waals surface area contributed by atoms with Crippen LogP contribution in [0.1, 0.15) is 45.8 Å². The molecule has 1 fully saturated rings. The van der Waals surface area contributed by atoms with Crippen LogP contribution in [0.5, 0.6) is 11.5 Å². The minimum atomic E-state index is -3.98. The average molecular weight is 520 g/mol. The maximum Gasteiger partial charge on any atom is 0.265 e. The first kappa shape index (κ1) is 26.3. The Morgan fingerprint density at radius 1 is 1.22 bits per heavy atom. The van der Waals surface area contributed by atoms with Gasteiger partial charge in [-0.05, 0) is 62.8 Å². The summed E-state index contributed by atoms with van der Waals surface area (Å²) in [5.41, 5.74) is 2.32. The third-order valence-electron chi connectivity index (χ3n) is 6.04. The number of hydrogen-bond donors (Lipinski definition) is 2. The molecule has 2 aromatic heterocycles. The van der Waals surface area contributed by atoms with Crippen LogP contribution in [0.3, 0.4) is 0 Å². The second-order valence-corrected chi connectivity index (χ2v) is 10.9. The van der Waals surface area contributed by atoms with Gasteiger partial charge in [-0.15, -0.1) is 0 Å². The van der Waals surface area contributed by atoms with Crippen molar-refractivity contribution in [3.05, 3.63) is 36.7 Å². The number of rotatable bonds is 11. The Morgan fingerprint density at radius 2 is 2.06 bits per heavy atom. The molecule has 3 heterocycles. The fourth-order valence-corrected chi connectivity index (χ4v) is 5.22. The lowest BCUT2D eigenvalue weighted by atomic mass is 10.1. The van der Waals surface area contributed by atoms with Crippen LogP contribution in [-0.2, 0) is 19.6 Å². The maximum absolute atomic E-state index is 11.0. The van der Waals surface area contributed by atoms with Gasteiger partial charge < -0.3 is 19.3 Å². The van der Waals surface area contributed by atoms with Crippen LogP contribution in [0, 0.1) is 5.92 Å². The van der Waals surface area contributed by atoms with Crippen LogP contribution in [-0.4, -0.2) is 64.5 Å². The van der Waals surface area contributed by atoms with Crippen molar-refractivity contribution < 1.29 is 32.3 Å². The quantitative estimate of drug-likeness (QED) is 0.282. The van der Waals surface area contributed by atoms with E-state index in [2.05, 4.69) is 4.98 Å². The van der Waals surface area contributed by atoms with Crippen molar-refractivity contribution >= 4 is 21.0 Å². The Balaban J connectivity index is 1.43. The summed E-state index contributed by atoms with van der Waals surface area (Å²) in [6, 6.07) is 7.05. The smallest absolute Gasteiger partial charge is 0.265 e. The lowest BCUT2D eigenvalue weighted by Gasteiger charge is -2.23. The van der Waals surface area contributed by atoms with E-state index in [1.165, 1.54) is 0 Å². The number of pyridine rings is 1. The van der Waals surface area contributed by atoms with Crippen molar-refractivity contribution in [1.82, 2.24) is 14.8 Å². The first-order valence-electron chi connectivity index (χ1n) is 12.2. The van der Waals surface area contributed by atoms with Gasteiger partial charge in [-0.3, -0.25) is 9.54 Å². The normalized spacial score (nSPS) is 18.2. The first-order chi connectivity index (χ1) is 17.2. The van der Waals surface area contributed by atoms with E-state index >= 15 is 0 Å². The number of hydrogen-bond acceptors (Lipinski definition) is 8. The SMILES string of the molecule is C[C@H](CCOC[C@H](C)Oc1cncc(-c2nn(C3CCCCO3)c3ccc(O)cc23)c1)CS(=O)(=O)O. The average Bonchev–Trinajstić information content (AvgIpc) is 3.20. The van der Waals surface area contributed by atoms with Crippen molar-refractivity contribution in [3.8, 4) is 22.8 Å². The maximum atomic E-state index is 11.0. The molecule has 0 radical (unpaired) electrons. The predicted octanol–water partition coefficient (Wildman–Crippen LogP) is 4.20. The van der Waals surface area contributed by atoms with E-state index in [0.717, 1.165) is 35.7 Å². The summed E-state index contributed by atoms with van der Waals surface area (Å²) >= 11 is 0. The molecule has 1 unspecified atom stereocenters. The molecular formula is C25H33N3O7S. The van der Waals surface area contributed by atoms with E-state index in [1.54, 1.807) is 31.5 Å². The number of ether oxygens (including phenoxy) is 3. The number of benzene rings is 1. The molecule has 2 N–H and O–H groups in total. The number of phenols is 1. The molecule has 36 heavy (non-hydrogen) atoms. The van der Waals surface area contributed by atoms with Crippen LogP contribution in [0.2, 0.25) is 0 Å². The Bertz CT molecular complexity index is 1270. The van der Waals surface area contributed by atoms with Crippen molar-refractivity contribution in [2.45, 2.75) is 51.9 Å². The topological polar surface area (TPSA) is 133 Å². The second kappa shape index (κ2) is 11.5. The molecule has 0 bridgehead atoms. The molecule has 10 nitrogen and oxygen atoms in total. The third kappa shape index (κ3) is 6.94. The van der Waals surface area contributed by atoms with E-state index < -0.39 is 10.1 Å². The zero-order chi connectivity index (χ0) is 25.7. The Morgan fingerprint density at radius 3 is 2.81 bits per heavy atom. The van der Waals surface area contributed by atoms with Gasteiger partial charge >= 0.3 is 0 Å². The lowest BCUT2D eigenvalue weighted by molar-refractivity contribution is -0.0365. The molecule has 0 aliphatic carbocycles. The van der Waals surface area contributed by atoms with Gasteiger partial charge in [0, 0.05) is 30.4 Å². The standard InChI is InChI=1S/C25H33N3O7S/c1-17(16-36(30,31)32)8-10-33-15-18(2)35-21-11-19(13-26-14-21)25-22-12-20(29)6-7-23(22)28(27-25)24-5-3-4-9-34-24/h6-7,11-14,17-18,24,29H,3-5,8-10,15-16H2,1-2H3,(H,30,31,32)/t17-,18+,24?/m1/s1. The van der Waals surface area contributed by atoms with Gasteiger partial charge in [0.2, 0.25) is 0 Å². The van der Waals surface area contributed by atoms with E-state index in [-0.39, 0.29) is 29.8 Å². The number of aromatic hydroxyl groups is 1. The minimum absolute atomic E-state index is 0.149. The van der Waals surface area contributed by atoms with E-state index in [1.807, 2.05) is 23.7 Å². The van der Waals surface area contributed by atoms with Crippen LogP contribution in [0.4, 0.5) is 0 Å². The highest BCUT2D eigenvalue weighted by atomic mass is 32.2. The molecular weight excluding hydrogens is 486 g/mol. The molecule has 4 rings (SSSR count). The lowest BCUT2D eigenvalue weighted by Crippen LogP contribution is -2.21. The summed E-state index contributed by atoms with van der Waals surface area (Å²) < 4.78 is 50.3. The van der Waals surface area contributed by atoms with Gasteiger partial charge in [-0.2, -0.15) is 13.5 Å². The van der Waals surface area contributed by atoms with E-state index in [4.69, 9.17) is 23.9 Å². The van der Waals surface area contributed by atoms with Crippen LogP contribution >= 0.6 is 0 Å². The fraction of sp³-hybridized carbons (Fsp3) is 0.520. The molecule has 11 heteroatoms. The van der Waals surface area contributed by atoms with Gasteiger partial charge in [-0.25, -0.2) is 4.68 Å². The van der Waals surface area contributed by atoms with Crippen molar-refractivity contribution in [1.29, 1.82) is 0 Å². The molecule has 0 saturated carbocycles. The Hall–Kier alpha value is -2.73. The molecule has 3 aromatic rings. The van der Waals surface area contributed by atoms with Crippen molar-refractivity contribution in [2.24, 2.45) is 5.92 Å². The molecule has 1 saturated heterocycles. The largest absolute Gasteiger partial charge is 0.508 e. The summed E-state index contributed by atoms with van der Waals surface area (Å²) in [5.74, 6) is 0.228. The van der Waals surface area contributed by atoms with Crippen LogP contribution in [0.25, 0.3) is 22.2 Å². The molecule has 0 spiro atoms. The van der Waals surface area contributed by atoms with Gasteiger partial charge in [0.25, 0.3) is 10.1 Å². The fourth-order valence-electron chi connectivity index (χ4n) is 4.33. The van der Waals surface area contributed by atoms with Gasteiger partial charge in [0.1, 0.15) is 23.3 Å². The summed E-state index contributed by atoms with van der Waals surface area (Å²) in [7, 11) is -3.98. The summed E-state index contributed by atoms with van der Waals surface area (Å²) in [6.07, 6.45) is 6.41. The first-order valence-corrected chi connectivity index (χ1v) is 13.8. The van der Waals surface area contributed by atoms with Gasteiger partial charge in [0.05, 0.1) is 24.1 Å². The Kier molecular flexibility index (Phi) is 8.45. The molecule has 1 aliphatic heterocycles. The number of aromatic nitrogens is 3. The van der Waals surface area contributed by atoms with Gasteiger partial charge in [-0.1, -0.05) is 6.92 Å². The molecule has 3 atom stereocenters. The third-order valence-corrected chi connectivity index (χ3v) is 7.04. The minimum Gasteiger partial charge on any atom is -0.508 e. The highest BCUT2D eigenvalue weighted by Gasteiger charge is 2.22. The number of fused-ring (bicyclic) bond motifs is 1. The highest BCUT2D eigenvalue weighted by Crippen LogP contribution is 2.35. The molecule has 0 amide bonds. The van der Waals surface area contributed by atoms with Crippen molar-refractivity contribution in [2.75, 3.05) is 25.6 Å². The second-order valence-electron chi connectivity index (χ2n) is 9.37. The van der Waals surface area contributed by atoms with Crippen LogP contribution in [0.15, 0.2) is 36.7 Å². The predicted molar refractivity (Wildman–Crippen MR) is 135 cm³/mol. The zero-order valence-electron chi connectivity index (χ0n) is 20.5. The van der Waals surface area contributed by atoms with E-state index in [0.29, 0.717) is 37.7 Å². The number of nitrogens with zero attached hydrogens (tertiary/aromatic N) is 3. The Labute approximate surface area is 210 Å². The van der Waals surface area contributed by atoms with E-state index in [9.17, 15) is 13.5 Å². The summed E-state index contributed by atoms with van der Waals surface area (Å²) in [6.45, 7) is 4.99. The van der Waals surface area contributed by atoms with Crippen LogP contribution < -0.4 is 4.74 Å². The van der Waals surface area contributed by atoms with Gasteiger partial charge in [0.15, 0.2) is 6.23 Å². The monoisotopic (exact) mass is 519 g/mol. The zero-order valence-corrected chi connectivity index (χ0v) is 21.4. The molecule has 1 aromatic carbocycles. The number of phenolic OH excluding ortho intramolecular Hbond substituents is 1. The summed E-state index contributed by atoms with van der Waals surface area (Å²) in [5, 5.41) is 15.8. The molecule has 196 valence electrons. The highest BCUT2D eigenvalue weighted by molar-refractivity contribution is 7.85. The van der Waals surface area contributed by atoms with Crippen molar-refractivity contribution in [3.63, 3.8) is 0 Å². The molecule has 1 aliphatic rings. The summed E-state index contributed by atoms with van der Waals surface area (Å²) in [4.78, 5) is 4.33.